The lowest BCUT2D eigenvalue weighted by molar-refractivity contribution is -0.385. The van der Waals surface area contributed by atoms with E-state index in [0.717, 1.165) is 10.9 Å². The Labute approximate surface area is 132 Å². The van der Waals surface area contributed by atoms with Crippen LogP contribution in [0.3, 0.4) is 0 Å². The van der Waals surface area contributed by atoms with Gasteiger partial charge in [-0.1, -0.05) is 36.4 Å². The molecule has 116 valence electrons. The maximum Gasteiger partial charge on any atom is 0.340 e. The largest absolute Gasteiger partial charge is 0.465 e. The Hall–Kier alpha value is -3.15. The van der Waals surface area contributed by atoms with Crippen LogP contribution in [0.5, 0.6) is 0 Å². The summed E-state index contributed by atoms with van der Waals surface area (Å²) >= 11 is 0. The first-order chi connectivity index (χ1) is 11.1. The number of ether oxygens (including phenoxy) is 1. The average Bonchev–Trinajstić information content (AvgIpc) is 2.93. The third-order valence-electron chi connectivity index (χ3n) is 3.72. The highest BCUT2D eigenvalue weighted by Gasteiger charge is 2.18. The van der Waals surface area contributed by atoms with Crippen LogP contribution >= 0.6 is 0 Å². The Morgan fingerprint density at radius 1 is 1.17 bits per heavy atom. The third-order valence-corrected chi connectivity index (χ3v) is 3.72. The van der Waals surface area contributed by atoms with E-state index < -0.39 is 10.9 Å². The smallest absolute Gasteiger partial charge is 0.340 e. The molecule has 1 heterocycles. The number of hydrogen-bond acceptors (Lipinski definition) is 4. The van der Waals surface area contributed by atoms with E-state index in [4.69, 9.17) is 4.74 Å². The molecule has 0 spiro atoms. The summed E-state index contributed by atoms with van der Waals surface area (Å²) in [6, 6.07) is 14.0. The Balaban J connectivity index is 2.11. The molecule has 6 nitrogen and oxygen atoms in total. The van der Waals surface area contributed by atoms with Gasteiger partial charge in [0.25, 0.3) is 5.69 Å². The molecule has 0 fully saturated rings. The molecule has 2 aromatic carbocycles. The van der Waals surface area contributed by atoms with E-state index >= 15 is 0 Å². The number of fused-ring (bicyclic) bond motifs is 1. The van der Waals surface area contributed by atoms with Crippen LogP contribution in [0, 0.1) is 10.1 Å². The van der Waals surface area contributed by atoms with Crippen LogP contribution in [-0.2, 0) is 11.3 Å². The number of carbonyl (C=O) groups excluding carboxylic acids is 1. The van der Waals surface area contributed by atoms with Gasteiger partial charge in [0.15, 0.2) is 0 Å². The molecule has 0 aliphatic rings. The standard InChI is InChI=1S/C17H14N2O4/c1-23-17(20)14-11-18(16-9-5-3-7-13(14)16)10-12-6-2-4-8-15(12)19(21)22/h2-9,11H,10H2,1H3. The number of benzene rings is 2. The molecule has 0 unspecified atom stereocenters. The molecule has 3 aromatic rings. The molecule has 0 saturated carbocycles. The van der Waals surface area contributed by atoms with Crippen LogP contribution in [0.25, 0.3) is 10.9 Å². The lowest BCUT2D eigenvalue weighted by Crippen LogP contribution is -2.03. The van der Waals surface area contributed by atoms with Crippen molar-refractivity contribution < 1.29 is 14.5 Å². The normalized spacial score (nSPS) is 10.7. The first kappa shape index (κ1) is 14.8. The van der Waals surface area contributed by atoms with Gasteiger partial charge in [-0.3, -0.25) is 10.1 Å². The number of methoxy groups -OCH3 is 1. The van der Waals surface area contributed by atoms with E-state index in [0.29, 0.717) is 17.7 Å². The summed E-state index contributed by atoms with van der Waals surface area (Å²) in [5.41, 5.74) is 1.91. The summed E-state index contributed by atoms with van der Waals surface area (Å²) in [7, 11) is 1.33. The van der Waals surface area contributed by atoms with Gasteiger partial charge in [-0.15, -0.1) is 0 Å². The number of hydrogen-bond donors (Lipinski definition) is 0. The van der Waals surface area contributed by atoms with Gasteiger partial charge in [0.2, 0.25) is 0 Å². The molecular formula is C17H14N2O4. The predicted molar refractivity (Wildman–Crippen MR) is 85.5 cm³/mol. The molecule has 0 bridgehead atoms. The minimum Gasteiger partial charge on any atom is -0.465 e. The number of esters is 1. The van der Waals surface area contributed by atoms with Crippen molar-refractivity contribution >= 4 is 22.6 Å². The lowest BCUT2D eigenvalue weighted by atomic mass is 10.1. The predicted octanol–water partition coefficient (Wildman–Crippen LogP) is 3.38. The van der Waals surface area contributed by atoms with Gasteiger partial charge in [0.05, 0.1) is 24.1 Å². The number of nitro benzene ring substituents is 1. The number of para-hydroxylation sites is 2. The fourth-order valence-electron chi connectivity index (χ4n) is 2.66. The molecule has 1 aromatic heterocycles. The van der Waals surface area contributed by atoms with Crippen LogP contribution in [0.1, 0.15) is 15.9 Å². The average molecular weight is 310 g/mol. The zero-order valence-electron chi connectivity index (χ0n) is 12.4. The zero-order valence-corrected chi connectivity index (χ0v) is 12.4. The van der Waals surface area contributed by atoms with E-state index in [9.17, 15) is 14.9 Å². The van der Waals surface area contributed by atoms with E-state index in [2.05, 4.69) is 0 Å². The summed E-state index contributed by atoms with van der Waals surface area (Å²) in [6.07, 6.45) is 1.67. The van der Waals surface area contributed by atoms with Crippen LogP contribution in [0.2, 0.25) is 0 Å². The zero-order chi connectivity index (χ0) is 16.4. The van der Waals surface area contributed by atoms with Crippen molar-refractivity contribution in [2.75, 3.05) is 7.11 Å². The molecule has 0 aliphatic carbocycles. The number of carbonyl (C=O) groups is 1. The highest BCUT2D eigenvalue weighted by molar-refractivity contribution is 6.04. The van der Waals surface area contributed by atoms with Crippen molar-refractivity contribution in [3.63, 3.8) is 0 Å². The molecule has 0 amide bonds. The maximum atomic E-state index is 11.9. The number of rotatable bonds is 4. The Bertz CT molecular complexity index is 898. The Kier molecular flexibility index (Phi) is 3.80. The van der Waals surface area contributed by atoms with Crippen LogP contribution < -0.4 is 0 Å². The topological polar surface area (TPSA) is 74.4 Å². The number of aromatic nitrogens is 1. The second-order valence-electron chi connectivity index (χ2n) is 5.07. The molecule has 0 radical (unpaired) electrons. The first-order valence-corrected chi connectivity index (χ1v) is 7.00. The van der Waals surface area contributed by atoms with Crippen LogP contribution in [-0.4, -0.2) is 22.6 Å². The van der Waals surface area contributed by atoms with Gasteiger partial charge in [-0.2, -0.15) is 0 Å². The molecule has 0 aliphatic heterocycles. The second kappa shape index (κ2) is 5.92. The molecule has 23 heavy (non-hydrogen) atoms. The van der Waals surface area contributed by atoms with Crippen molar-refractivity contribution in [1.82, 2.24) is 4.57 Å². The van der Waals surface area contributed by atoms with E-state index in [-0.39, 0.29) is 5.69 Å². The third kappa shape index (κ3) is 2.66. The van der Waals surface area contributed by atoms with Crippen molar-refractivity contribution in [1.29, 1.82) is 0 Å². The molecule has 3 rings (SSSR count). The molecule has 0 atom stereocenters. The summed E-state index contributed by atoms with van der Waals surface area (Å²) in [6.45, 7) is 0.300. The van der Waals surface area contributed by atoms with E-state index in [1.807, 2.05) is 28.8 Å². The minimum atomic E-state index is -0.428. The second-order valence-corrected chi connectivity index (χ2v) is 5.07. The molecular weight excluding hydrogens is 296 g/mol. The van der Waals surface area contributed by atoms with Gasteiger partial charge in [0, 0.05) is 28.7 Å². The quantitative estimate of drug-likeness (QED) is 0.420. The molecule has 0 saturated heterocycles. The van der Waals surface area contributed by atoms with Crippen molar-refractivity contribution in [3.8, 4) is 0 Å². The highest BCUT2D eigenvalue weighted by Crippen LogP contribution is 2.25. The summed E-state index contributed by atoms with van der Waals surface area (Å²) in [5, 5.41) is 11.9. The number of nitro groups is 1. The fourth-order valence-corrected chi connectivity index (χ4v) is 2.66. The number of nitrogens with zero attached hydrogens (tertiary/aromatic N) is 2. The van der Waals surface area contributed by atoms with E-state index in [1.54, 1.807) is 24.4 Å². The van der Waals surface area contributed by atoms with Gasteiger partial charge in [-0.25, -0.2) is 4.79 Å². The van der Waals surface area contributed by atoms with Gasteiger partial charge in [-0.05, 0) is 6.07 Å². The monoisotopic (exact) mass is 310 g/mol. The fraction of sp³-hybridized carbons (Fsp3) is 0.118. The van der Waals surface area contributed by atoms with Crippen molar-refractivity contribution in [2.24, 2.45) is 0 Å². The summed E-state index contributed by atoms with van der Waals surface area (Å²) < 4.78 is 6.63. The highest BCUT2D eigenvalue weighted by atomic mass is 16.6. The van der Waals surface area contributed by atoms with E-state index in [1.165, 1.54) is 13.2 Å². The Morgan fingerprint density at radius 3 is 2.61 bits per heavy atom. The Morgan fingerprint density at radius 2 is 1.87 bits per heavy atom. The van der Waals surface area contributed by atoms with Gasteiger partial charge < -0.3 is 9.30 Å². The maximum absolute atomic E-state index is 11.9. The van der Waals surface area contributed by atoms with Gasteiger partial charge in [0.1, 0.15) is 0 Å². The summed E-state index contributed by atoms with van der Waals surface area (Å²) in [5.74, 6) is -0.428. The summed E-state index contributed by atoms with van der Waals surface area (Å²) in [4.78, 5) is 22.7. The van der Waals surface area contributed by atoms with Crippen LogP contribution in [0.4, 0.5) is 5.69 Å². The van der Waals surface area contributed by atoms with Crippen molar-refractivity contribution in [3.05, 3.63) is 76.0 Å². The minimum absolute atomic E-state index is 0.0601. The first-order valence-electron chi connectivity index (χ1n) is 7.00. The van der Waals surface area contributed by atoms with Crippen molar-refractivity contribution in [2.45, 2.75) is 6.54 Å². The lowest BCUT2D eigenvalue weighted by Gasteiger charge is -2.06. The molecule has 6 heteroatoms. The molecule has 0 N–H and O–H groups in total. The SMILES string of the molecule is COC(=O)c1cn(Cc2ccccc2[N+](=O)[O-])c2ccccc12. The van der Waals surface area contributed by atoms with Crippen LogP contribution in [0.15, 0.2) is 54.7 Å². The van der Waals surface area contributed by atoms with Gasteiger partial charge >= 0.3 is 5.97 Å².